The summed E-state index contributed by atoms with van der Waals surface area (Å²) < 4.78 is 11.3. The number of nitrogens with zero attached hydrogens (tertiary/aromatic N) is 2. The zero-order valence-electron chi connectivity index (χ0n) is 13.5. The number of fused-ring (bicyclic) bond motifs is 1. The van der Waals surface area contributed by atoms with Crippen LogP contribution in [0.4, 0.5) is 5.69 Å². The van der Waals surface area contributed by atoms with Gasteiger partial charge >= 0.3 is 0 Å². The summed E-state index contributed by atoms with van der Waals surface area (Å²) in [6.45, 7) is 1.46. The molecule has 2 aromatic rings. The number of ether oxygens (including phenoxy) is 2. The second-order valence-corrected chi connectivity index (χ2v) is 5.71. The van der Waals surface area contributed by atoms with Gasteiger partial charge < -0.3 is 14.4 Å². The Morgan fingerprint density at radius 3 is 2.70 bits per heavy atom. The summed E-state index contributed by atoms with van der Waals surface area (Å²) in [7, 11) is 3.71. The van der Waals surface area contributed by atoms with Crippen molar-refractivity contribution in [3.8, 4) is 11.8 Å². The molecule has 0 spiro atoms. The van der Waals surface area contributed by atoms with Crippen LogP contribution in [-0.2, 0) is 11.2 Å². The number of likely N-dealkylation sites (N-methyl/N-ethyl adjacent to an activating group) is 1. The molecule has 1 aliphatic rings. The van der Waals surface area contributed by atoms with Gasteiger partial charge in [0.1, 0.15) is 5.75 Å². The Morgan fingerprint density at radius 1 is 1.22 bits per heavy atom. The van der Waals surface area contributed by atoms with Crippen LogP contribution in [0.1, 0.15) is 22.8 Å². The van der Waals surface area contributed by atoms with Gasteiger partial charge in [0.25, 0.3) is 0 Å². The molecule has 1 aliphatic heterocycles. The second kappa shape index (κ2) is 6.72. The van der Waals surface area contributed by atoms with Crippen LogP contribution in [0.15, 0.2) is 42.5 Å². The van der Waals surface area contributed by atoms with Crippen LogP contribution in [0.2, 0.25) is 0 Å². The maximum atomic E-state index is 9.13. The normalized spacial score (nSPS) is 17.6. The Labute approximate surface area is 136 Å². The molecule has 0 radical (unpaired) electrons. The predicted octanol–water partition coefficient (Wildman–Crippen LogP) is 3.32. The SMILES string of the molecule is COc1ccc(C2Cc3ccc(C#N)cc3N(C)CCO2)cc1. The van der Waals surface area contributed by atoms with E-state index in [2.05, 4.69) is 23.1 Å². The van der Waals surface area contributed by atoms with Gasteiger partial charge in [0.15, 0.2) is 0 Å². The van der Waals surface area contributed by atoms with Crippen molar-refractivity contribution in [3.05, 3.63) is 59.2 Å². The van der Waals surface area contributed by atoms with Crippen molar-refractivity contribution in [3.63, 3.8) is 0 Å². The molecule has 4 nitrogen and oxygen atoms in total. The zero-order chi connectivity index (χ0) is 16.2. The summed E-state index contributed by atoms with van der Waals surface area (Å²) >= 11 is 0. The Kier molecular flexibility index (Phi) is 4.50. The first-order valence-electron chi connectivity index (χ1n) is 7.71. The van der Waals surface area contributed by atoms with E-state index in [4.69, 9.17) is 14.7 Å². The Bertz CT molecular complexity index is 719. The van der Waals surface area contributed by atoms with E-state index >= 15 is 0 Å². The molecule has 0 bridgehead atoms. The maximum Gasteiger partial charge on any atom is 0.118 e. The average Bonchev–Trinajstić information content (AvgIpc) is 2.59. The number of rotatable bonds is 2. The third kappa shape index (κ3) is 3.30. The molecule has 1 heterocycles. The molecule has 2 aromatic carbocycles. The molecule has 1 unspecified atom stereocenters. The van der Waals surface area contributed by atoms with E-state index in [0.717, 1.165) is 30.0 Å². The molecule has 118 valence electrons. The number of methoxy groups -OCH3 is 1. The van der Waals surface area contributed by atoms with Crippen molar-refractivity contribution in [2.45, 2.75) is 12.5 Å². The summed E-state index contributed by atoms with van der Waals surface area (Å²) in [5, 5.41) is 9.13. The monoisotopic (exact) mass is 308 g/mol. The van der Waals surface area contributed by atoms with E-state index in [1.54, 1.807) is 7.11 Å². The fraction of sp³-hybridized carbons (Fsp3) is 0.316. The molecule has 0 saturated carbocycles. The van der Waals surface area contributed by atoms with Gasteiger partial charge in [0.2, 0.25) is 0 Å². The van der Waals surface area contributed by atoms with E-state index in [1.807, 2.05) is 37.4 Å². The Balaban J connectivity index is 1.92. The number of hydrogen-bond acceptors (Lipinski definition) is 4. The minimum absolute atomic E-state index is 0.0151. The molecule has 0 amide bonds. The Morgan fingerprint density at radius 2 is 2.00 bits per heavy atom. The van der Waals surface area contributed by atoms with Crippen molar-refractivity contribution in [1.82, 2.24) is 0 Å². The fourth-order valence-electron chi connectivity index (χ4n) is 2.90. The van der Waals surface area contributed by atoms with Gasteiger partial charge in [-0.15, -0.1) is 0 Å². The molecular weight excluding hydrogens is 288 g/mol. The fourth-order valence-corrected chi connectivity index (χ4v) is 2.90. The molecule has 0 N–H and O–H groups in total. The van der Waals surface area contributed by atoms with Crippen LogP contribution in [0, 0.1) is 11.3 Å². The highest BCUT2D eigenvalue weighted by Gasteiger charge is 2.20. The number of anilines is 1. The van der Waals surface area contributed by atoms with E-state index in [0.29, 0.717) is 12.2 Å². The zero-order valence-corrected chi connectivity index (χ0v) is 13.5. The van der Waals surface area contributed by atoms with Crippen molar-refractivity contribution in [2.75, 3.05) is 32.2 Å². The molecule has 4 heteroatoms. The van der Waals surface area contributed by atoms with Gasteiger partial charge in [-0.1, -0.05) is 18.2 Å². The van der Waals surface area contributed by atoms with Crippen molar-refractivity contribution < 1.29 is 9.47 Å². The molecule has 3 rings (SSSR count). The summed E-state index contributed by atoms with van der Waals surface area (Å²) in [4.78, 5) is 2.15. The van der Waals surface area contributed by atoms with Gasteiger partial charge in [-0.3, -0.25) is 0 Å². The lowest BCUT2D eigenvalue weighted by molar-refractivity contribution is 0.0560. The lowest BCUT2D eigenvalue weighted by Gasteiger charge is -2.29. The lowest BCUT2D eigenvalue weighted by atomic mass is 9.97. The highest BCUT2D eigenvalue weighted by atomic mass is 16.5. The second-order valence-electron chi connectivity index (χ2n) is 5.71. The quantitative estimate of drug-likeness (QED) is 0.854. The molecule has 1 atom stereocenters. The summed E-state index contributed by atoms with van der Waals surface area (Å²) in [6, 6.07) is 16.1. The lowest BCUT2D eigenvalue weighted by Crippen LogP contribution is -2.28. The van der Waals surface area contributed by atoms with Gasteiger partial charge in [-0.25, -0.2) is 0 Å². The highest BCUT2D eigenvalue weighted by molar-refractivity contribution is 5.58. The van der Waals surface area contributed by atoms with Gasteiger partial charge in [0, 0.05) is 25.7 Å². The van der Waals surface area contributed by atoms with Gasteiger partial charge in [0.05, 0.1) is 31.5 Å². The number of benzene rings is 2. The van der Waals surface area contributed by atoms with E-state index in [-0.39, 0.29) is 6.10 Å². The Hall–Kier alpha value is -2.51. The molecule has 0 saturated heterocycles. The van der Waals surface area contributed by atoms with E-state index in [1.165, 1.54) is 5.56 Å². The smallest absolute Gasteiger partial charge is 0.118 e. The first-order chi connectivity index (χ1) is 11.2. The van der Waals surface area contributed by atoms with Crippen LogP contribution in [0.25, 0.3) is 0 Å². The van der Waals surface area contributed by atoms with Crippen LogP contribution in [0.5, 0.6) is 5.75 Å². The summed E-state index contributed by atoms with van der Waals surface area (Å²) in [5.74, 6) is 0.846. The van der Waals surface area contributed by atoms with Gasteiger partial charge in [-0.2, -0.15) is 5.26 Å². The van der Waals surface area contributed by atoms with Crippen LogP contribution < -0.4 is 9.64 Å². The first-order valence-corrected chi connectivity index (χ1v) is 7.71. The van der Waals surface area contributed by atoms with Crippen molar-refractivity contribution in [1.29, 1.82) is 5.26 Å². The summed E-state index contributed by atoms with van der Waals surface area (Å²) in [5.41, 5.74) is 4.15. The largest absolute Gasteiger partial charge is 0.497 e. The first kappa shape index (κ1) is 15.4. The van der Waals surface area contributed by atoms with Crippen LogP contribution in [-0.4, -0.2) is 27.3 Å². The van der Waals surface area contributed by atoms with Crippen LogP contribution in [0.3, 0.4) is 0 Å². The van der Waals surface area contributed by atoms with E-state index in [9.17, 15) is 0 Å². The predicted molar refractivity (Wildman–Crippen MR) is 89.8 cm³/mol. The third-order valence-corrected chi connectivity index (χ3v) is 4.26. The highest BCUT2D eigenvalue weighted by Crippen LogP contribution is 2.31. The minimum Gasteiger partial charge on any atom is -0.497 e. The standard InChI is InChI=1S/C19H20N2O2/c1-21-9-10-23-19(15-5-7-17(22-2)8-6-15)12-16-4-3-14(13-20)11-18(16)21/h3-8,11,19H,9-10,12H2,1-2H3. The molecular formula is C19H20N2O2. The maximum absolute atomic E-state index is 9.13. The van der Waals surface area contributed by atoms with Crippen molar-refractivity contribution in [2.24, 2.45) is 0 Å². The number of hydrogen-bond donors (Lipinski definition) is 0. The topological polar surface area (TPSA) is 45.5 Å². The molecule has 0 fully saturated rings. The van der Waals surface area contributed by atoms with Gasteiger partial charge in [-0.05, 0) is 35.4 Å². The average molecular weight is 308 g/mol. The minimum atomic E-state index is 0.0151. The molecule has 23 heavy (non-hydrogen) atoms. The summed E-state index contributed by atoms with van der Waals surface area (Å²) in [6.07, 6.45) is 0.804. The van der Waals surface area contributed by atoms with Crippen molar-refractivity contribution >= 4 is 5.69 Å². The third-order valence-electron chi connectivity index (χ3n) is 4.26. The number of nitriles is 1. The van der Waals surface area contributed by atoms with E-state index < -0.39 is 0 Å². The molecule has 0 aromatic heterocycles. The molecule has 0 aliphatic carbocycles. The van der Waals surface area contributed by atoms with Crippen LogP contribution >= 0.6 is 0 Å².